The Balaban J connectivity index is 2.32. The van der Waals surface area contributed by atoms with Crippen LogP contribution in [0.2, 0.25) is 0 Å². The van der Waals surface area contributed by atoms with Crippen molar-refractivity contribution in [3.8, 4) is 0 Å². The number of hydrogen-bond donors (Lipinski definition) is 0. The number of hydrogen-bond acceptors (Lipinski definition) is 0. The summed E-state index contributed by atoms with van der Waals surface area (Å²) in [4.78, 5) is 0. The molecule has 1 aliphatic heterocycles. The van der Waals surface area contributed by atoms with Crippen LogP contribution in [-0.4, -0.2) is 0 Å². The molecule has 0 aromatic rings. The van der Waals surface area contributed by atoms with Crippen molar-refractivity contribution in [2.24, 2.45) is 0 Å². The summed E-state index contributed by atoms with van der Waals surface area (Å²) >= 11 is 0. The van der Waals surface area contributed by atoms with Crippen LogP contribution in [0.5, 0.6) is 0 Å². The third-order valence-corrected chi connectivity index (χ3v) is 1.94. The first-order valence-electron chi connectivity index (χ1n) is 4.59. The second-order valence-corrected chi connectivity index (χ2v) is 3.06. The van der Waals surface area contributed by atoms with Gasteiger partial charge in [0.15, 0.2) is 0 Å². The molecule has 0 aromatic heterocycles. The SMILES string of the molecule is CCCCC=CC1=C(C)C=C[N]1. The fourth-order valence-electron chi connectivity index (χ4n) is 1.11. The van der Waals surface area contributed by atoms with E-state index < -0.39 is 0 Å². The fraction of sp³-hybridized carbons (Fsp3) is 0.455. The van der Waals surface area contributed by atoms with Gasteiger partial charge in [-0.2, -0.15) is 0 Å². The number of allylic oxidation sites excluding steroid dienone is 4. The minimum absolute atomic E-state index is 1.12. The van der Waals surface area contributed by atoms with E-state index in [1.54, 1.807) is 0 Å². The van der Waals surface area contributed by atoms with Gasteiger partial charge in [-0.05, 0) is 31.1 Å². The van der Waals surface area contributed by atoms with Gasteiger partial charge >= 0.3 is 0 Å². The summed E-state index contributed by atoms with van der Waals surface area (Å²) in [7, 11) is 0. The van der Waals surface area contributed by atoms with Crippen molar-refractivity contribution in [3.63, 3.8) is 0 Å². The Kier molecular flexibility index (Phi) is 3.65. The highest BCUT2D eigenvalue weighted by atomic mass is 14.9. The van der Waals surface area contributed by atoms with E-state index in [0.717, 1.165) is 5.70 Å². The minimum atomic E-state index is 1.12. The van der Waals surface area contributed by atoms with Crippen LogP contribution in [0.1, 0.15) is 33.1 Å². The molecule has 1 heteroatoms. The Morgan fingerprint density at radius 2 is 2.33 bits per heavy atom. The average molecular weight is 162 g/mol. The maximum atomic E-state index is 4.23. The summed E-state index contributed by atoms with van der Waals surface area (Å²) in [5, 5.41) is 4.23. The predicted molar refractivity (Wildman–Crippen MR) is 52.6 cm³/mol. The maximum Gasteiger partial charge on any atom is 0.0656 e. The van der Waals surface area contributed by atoms with Gasteiger partial charge < -0.3 is 0 Å². The van der Waals surface area contributed by atoms with Crippen LogP contribution in [0.4, 0.5) is 0 Å². The van der Waals surface area contributed by atoms with E-state index in [-0.39, 0.29) is 0 Å². The van der Waals surface area contributed by atoms with Crippen molar-refractivity contribution >= 4 is 0 Å². The Hall–Kier alpha value is -0.980. The topological polar surface area (TPSA) is 14.1 Å². The van der Waals surface area contributed by atoms with Gasteiger partial charge in [-0.15, -0.1) is 0 Å². The standard InChI is InChI=1S/C11H16N/c1-3-4-5-6-7-11-10(2)8-9-12-11/h6-9H,3-5H2,1-2H3. The highest BCUT2D eigenvalue weighted by Crippen LogP contribution is 2.12. The molecule has 0 saturated carbocycles. The van der Waals surface area contributed by atoms with Crippen molar-refractivity contribution in [1.82, 2.24) is 5.32 Å². The first-order chi connectivity index (χ1) is 5.84. The van der Waals surface area contributed by atoms with Gasteiger partial charge in [-0.25, -0.2) is 0 Å². The predicted octanol–water partition coefficient (Wildman–Crippen LogP) is 3.14. The summed E-state index contributed by atoms with van der Waals surface area (Å²) in [6.07, 6.45) is 11.9. The van der Waals surface area contributed by atoms with E-state index in [1.165, 1.54) is 24.8 Å². The lowest BCUT2D eigenvalue weighted by atomic mass is 10.2. The quantitative estimate of drug-likeness (QED) is 0.564. The first-order valence-corrected chi connectivity index (χ1v) is 4.59. The Morgan fingerprint density at radius 3 is 2.92 bits per heavy atom. The van der Waals surface area contributed by atoms with Crippen LogP contribution in [-0.2, 0) is 0 Å². The van der Waals surface area contributed by atoms with Crippen molar-refractivity contribution in [3.05, 3.63) is 35.7 Å². The van der Waals surface area contributed by atoms with Crippen LogP contribution in [0, 0.1) is 0 Å². The smallest absolute Gasteiger partial charge is 0.0656 e. The molecule has 0 aliphatic carbocycles. The van der Waals surface area contributed by atoms with Crippen molar-refractivity contribution in [2.45, 2.75) is 33.1 Å². The molecule has 1 heterocycles. The molecule has 1 aliphatic rings. The molecule has 0 unspecified atom stereocenters. The largest absolute Gasteiger partial charge is 0.257 e. The van der Waals surface area contributed by atoms with E-state index in [2.05, 4.69) is 31.3 Å². The summed E-state index contributed by atoms with van der Waals surface area (Å²) < 4.78 is 0. The van der Waals surface area contributed by atoms with Crippen LogP contribution < -0.4 is 5.32 Å². The molecule has 0 spiro atoms. The number of rotatable bonds is 4. The molecule has 0 amide bonds. The highest BCUT2D eigenvalue weighted by Gasteiger charge is 2.00. The van der Waals surface area contributed by atoms with Crippen molar-refractivity contribution in [2.75, 3.05) is 0 Å². The molecule has 0 aromatic carbocycles. The summed E-state index contributed by atoms with van der Waals surface area (Å²) in [5.41, 5.74) is 2.38. The minimum Gasteiger partial charge on any atom is -0.257 e. The maximum absolute atomic E-state index is 4.23. The molecule has 1 radical (unpaired) electrons. The van der Waals surface area contributed by atoms with Gasteiger partial charge in [0.1, 0.15) is 0 Å². The number of nitrogens with zero attached hydrogens (tertiary/aromatic N) is 1. The molecular formula is C11H16N. The second-order valence-electron chi connectivity index (χ2n) is 3.06. The molecule has 0 N–H and O–H groups in total. The molecule has 0 fully saturated rings. The van der Waals surface area contributed by atoms with Crippen LogP contribution in [0.3, 0.4) is 0 Å². The first kappa shape index (κ1) is 9.11. The molecule has 0 saturated heterocycles. The Labute approximate surface area is 74.9 Å². The second kappa shape index (κ2) is 4.81. The lowest BCUT2D eigenvalue weighted by molar-refractivity contribution is 0.813. The fourth-order valence-corrected chi connectivity index (χ4v) is 1.11. The molecule has 1 nitrogen and oxygen atoms in total. The van der Waals surface area contributed by atoms with Gasteiger partial charge in [-0.1, -0.05) is 25.8 Å². The molecular weight excluding hydrogens is 146 g/mol. The van der Waals surface area contributed by atoms with E-state index in [1.807, 2.05) is 12.3 Å². The van der Waals surface area contributed by atoms with Crippen LogP contribution in [0.25, 0.3) is 0 Å². The molecule has 0 bridgehead atoms. The normalized spacial score (nSPS) is 16.2. The zero-order chi connectivity index (χ0) is 8.81. The lowest BCUT2D eigenvalue weighted by Crippen LogP contribution is -1.88. The summed E-state index contributed by atoms with van der Waals surface area (Å²) in [6, 6.07) is 0. The monoisotopic (exact) mass is 162 g/mol. The van der Waals surface area contributed by atoms with E-state index in [0.29, 0.717) is 0 Å². The molecule has 65 valence electrons. The van der Waals surface area contributed by atoms with Gasteiger partial charge in [0.2, 0.25) is 0 Å². The van der Waals surface area contributed by atoms with E-state index in [4.69, 9.17) is 0 Å². The van der Waals surface area contributed by atoms with Crippen molar-refractivity contribution in [1.29, 1.82) is 0 Å². The van der Waals surface area contributed by atoms with Gasteiger partial charge in [0.25, 0.3) is 0 Å². The summed E-state index contributed by atoms with van der Waals surface area (Å²) in [5.74, 6) is 0. The lowest BCUT2D eigenvalue weighted by Gasteiger charge is -1.94. The number of unbranched alkanes of at least 4 members (excludes halogenated alkanes) is 2. The molecule has 12 heavy (non-hydrogen) atoms. The van der Waals surface area contributed by atoms with Crippen molar-refractivity contribution < 1.29 is 0 Å². The van der Waals surface area contributed by atoms with Gasteiger partial charge in [0.05, 0.1) is 5.70 Å². The Bertz CT molecular complexity index is 221. The third kappa shape index (κ3) is 2.57. The van der Waals surface area contributed by atoms with Gasteiger partial charge in [0, 0.05) is 6.20 Å². The Morgan fingerprint density at radius 1 is 1.50 bits per heavy atom. The zero-order valence-corrected chi connectivity index (χ0v) is 7.88. The third-order valence-electron chi connectivity index (χ3n) is 1.94. The zero-order valence-electron chi connectivity index (χ0n) is 7.88. The summed E-state index contributed by atoms with van der Waals surface area (Å²) in [6.45, 7) is 4.30. The van der Waals surface area contributed by atoms with E-state index >= 15 is 0 Å². The highest BCUT2D eigenvalue weighted by molar-refractivity contribution is 5.36. The van der Waals surface area contributed by atoms with E-state index in [9.17, 15) is 0 Å². The molecule has 1 rings (SSSR count). The molecule has 0 atom stereocenters. The van der Waals surface area contributed by atoms with Gasteiger partial charge in [-0.3, -0.25) is 5.32 Å². The average Bonchev–Trinajstić information content (AvgIpc) is 2.46. The van der Waals surface area contributed by atoms with Crippen LogP contribution in [0.15, 0.2) is 35.7 Å². The van der Waals surface area contributed by atoms with Crippen LogP contribution >= 0.6 is 0 Å².